The highest BCUT2D eigenvalue weighted by atomic mass is 32.5. The minimum absolute atomic E-state index is 0.771. The van der Waals surface area contributed by atoms with Gasteiger partial charge in [0.05, 0.1) is 13.2 Å². The average molecular weight is 266 g/mol. The maximum Gasteiger partial charge on any atom is 0.188 e. The summed E-state index contributed by atoms with van der Waals surface area (Å²) < 4.78 is 11.5. The molecule has 0 N–H and O–H groups in total. The first kappa shape index (κ1) is 16.6. The fourth-order valence-corrected chi connectivity index (χ4v) is 3.03. The van der Waals surface area contributed by atoms with Gasteiger partial charge in [-0.1, -0.05) is 46.5 Å². The normalized spacial score (nSPS) is 11.9. The molecular weight excluding hydrogens is 239 g/mol. The predicted octanol–water partition coefficient (Wildman–Crippen LogP) is 4.73. The third-order valence-corrected chi connectivity index (χ3v) is 5.79. The van der Waals surface area contributed by atoms with E-state index in [9.17, 15) is 0 Å². The van der Waals surface area contributed by atoms with Crippen molar-refractivity contribution in [3.63, 3.8) is 0 Å². The van der Waals surface area contributed by atoms with Gasteiger partial charge in [-0.15, -0.1) is 0 Å². The lowest BCUT2D eigenvalue weighted by Crippen LogP contribution is -2.01. The van der Waals surface area contributed by atoms with Crippen LogP contribution in [0.4, 0.5) is 0 Å². The van der Waals surface area contributed by atoms with Gasteiger partial charge >= 0.3 is 0 Å². The quantitative estimate of drug-likeness (QED) is 0.398. The van der Waals surface area contributed by atoms with Crippen LogP contribution < -0.4 is 0 Å². The molecule has 0 aliphatic carbocycles. The Morgan fingerprint density at radius 3 is 1.56 bits per heavy atom. The number of rotatable bonds is 11. The maximum absolute atomic E-state index is 5.76. The summed E-state index contributed by atoms with van der Waals surface area (Å²) in [5, 5.41) is 0. The summed E-state index contributed by atoms with van der Waals surface area (Å²) in [6.45, 7) is 6.05. The van der Waals surface area contributed by atoms with Gasteiger partial charge in [0, 0.05) is 6.16 Å². The SMILES string of the molecule is CCCCCOP(=S)(CC)OCCCCC. The summed E-state index contributed by atoms with van der Waals surface area (Å²) in [4.78, 5) is 0. The summed E-state index contributed by atoms with van der Waals surface area (Å²) in [5.41, 5.74) is 0. The molecule has 0 aliphatic rings. The van der Waals surface area contributed by atoms with E-state index in [2.05, 4.69) is 20.8 Å². The first-order valence-corrected chi connectivity index (χ1v) is 9.39. The lowest BCUT2D eigenvalue weighted by atomic mass is 10.3. The predicted molar refractivity (Wildman–Crippen MR) is 75.8 cm³/mol. The Morgan fingerprint density at radius 1 is 0.812 bits per heavy atom. The molecule has 2 nitrogen and oxygen atoms in total. The number of hydrogen-bond acceptors (Lipinski definition) is 3. The van der Waals surface area contributed by atoms with Crippen molar-refractivity contribution in [1.82, 2.24) is 0 Å². The van der Waals surface area contributed by atoms with Crippen LogP contribution in [-0.4, -0.2) is 19.4 Å². The van der Waals surface area contributed by atoms with Crippen LogP contribution in [0, 0.1) is 0 Å². The summed E-state index contributed by atoms with van der Waals surface area (Å²) in [6.07, 6.45) is 7.93. The molecule has 0 fully saturated rings. The first-order chi connectivity index (χ1) is 7.68. The molecule has 0 unspecified atom stereocenters. The Bertz CT molecular complexity index is 181. The number of unbranched alkanes of at least 4 members (excludes halogenated alkanes) is 4. The molecule has 0 spiro atoms. The van der Waals surface area contributed by atoms with Gasteiger partial charge in [-0.2, -0.15) is 0 Å². The largest absolute Gasteiger partial charge is 0.329 e. The van der Waals surface area contributed by atoms with E-state index < -0.39 is 6.49 Å². The smallest absolute Gasteiger partial charge is 0.188 e. The molecule has 16 heavy (non-hydrogen) atoms. The zero-order valence-electron chi connectivity index (χ0n) is 11.0. The zero-order chi connectivity index (χ0) is 12.3. The van der Waals surface area contributed by atoms with Gasteiger partial charge in [0.2, 0.25) is 0 Å². The van der Waals surface area contributed by atoms with Crippen LogP contribution in [-0.2, 0) is 20.9 Å². The highest BCUT2D eigenvalue weighted by Crippen LogP contribution is 2.48. The van der Waals surface area contributed by atoms with E-state index in [0.29, 0.717) is 0 Å². The van der Waals surface area contributed by atoms with Crippen molar-refractivity contribution in [3.8, 4) is 0 Å². The van der Waals surface area contributed by atoms with E-state index in [1.807, 2.05) is 0 Å². The summed E-state index contributed by atoms with van der Waals surface area (Å²) in [5.74, 6) is 0. The Hall–Kier alpha value is 0.570. The van der Waals surface area contributed by atoms with Crippen LogP contribution >= 0.6 is 6.49 Å². The summed E-state index contributed by atoms with van der Waals surface area (Å²) >= 11 is 5.47. The molecule has 0 heterocycles. The van der Waals surface area contributed by atoms with Crippen LogP contribution in [0.2, 0.25) is 0 Å². The van der Waals surface area contributed by atoms with Gasteiger partial charge in [0.1, 0.15) is 0 Å². The molecule has 0 aliphatic heterocycles. The minimum Gasteiger partial charge on any atom is -0.329 e. The molecule has 0 saturated heterocycles. The molecule has 0 bridgehead atoms. The van der Waals surface area contributed by atoms with Gasteiger partial charge in [0.15, 0.2) is 6.49 Å². The van der Waals surface area contributed by atoms with Crippen LogP contribution in [0.3, 0.4) is 0 Å². The summed E-state index contributed by atoms with van der Waals surface area (Å²) in [6, 6.07) is 0. The van der Waals surface area contributed by atoms with E-state index in [1.165, 1.54) is 25.7 Å². The van der Waals surface area contributed by atoms with Gasteiger partial charge in [-0.05, 0) is 24.6 Å². The fraction of sp³-hybridized carbons (Fsp3) is 1.00. The fourth-order valence-electron chi connectivity index (χ4n) is 1.33. The molecule has 0 aromatic heterocycles. The molecule has 0 aromatic carbocycles. The van der Waals surface area contributed by atoms with Gasteiger partial charge in [-0.25, -0.2) is 0 Å². The highest BCUT2D eigenvalue weighted by molar-refractivity contribution is 8.09. The highest BCUT2D eigenvalue weighted by Gasteiger charge is 2.15. The van der Waals surface area contributed by atoms with Crippen molar-refractivity contribution in [2.75, 3.05) is 19.4 Å². The first-order valence-electron chi connectivity index (χ1n) is 6.56. The minimum atomic E-state index is -1.95. The van der Waals surface area contributed by atoms with E-state index in [-0.39, 0.29) is 0 Å². The van der Waals surface area contributed by atoms with Crippen molar-refractivity contribution in [2.24, 2.45) is 0 Å². The molecule has 4 heteroatoms. The monoisotopic (exact) mass is 266 g/mol. The van der Waals surface area contributed by atoms with Crippen LogP contribution in [0.1, 0.15) is 59.3 Å². The third-order valence-electron chi connectivity index (χ3n) is 2.46. The van der Waals surface area contributed by atoms with Crippen molar-refractivity contribution < 1.29 is 9.05 Å². The van der Waals surface area contributed by atoms with Gasteiger partial charge in [0.25, 0.3) is 0 Å². The molecular formula is C12H27O2PS. The standard InChI is InChI=1S/C12H27O2PS/c1-4-7-9-11-13-15(16,6-3)14-12-10-8-5-2/h4-12H2,1-3H3. The second-order valence-electron chi connectivity index (χ2n) is 4.01. The van der Waals surface area contributed by atoms with Gasteiger partial charge < -0.3 is 9.05 Å². The second-order valence-corrected chi connectivity index (χ2v) is 8.05. The molecule has 98 valence electrons. The average Bonchev–Trinajstić information content (AvgIpc) is 2.31. The molecule has 0 saturated carbocycles. The summed E-state index contributed by atoms with van der Waals surface area (Å²) in [7, 11) is 0. The van der Waals surface area contributed by atoms with Gasteiger partial charge in [-0.3, -0.25) is 0 Å². The van der Waals surface area contributed by atoms with Crippen LogP contribution in [0.5, 0.6) is 0 Å². The second kappa shape index (κ2) is 10.7. The lowest BCUT2D eigenvalue weighted by Gasteiger charge is -2.20. The van der Waals surface area contributed by atoms with E-state index in [4.69, 9.17) is 20.9 Å². The Kier molecular flexibility index (Phi) is 11.1. The Labute approximate surface area is 106 Å². The van der Waals surface area contributed by atoms with Crippen molar-refractivity contribution in [3.05, 3.63) is 0 Å². The third kappa shape index (κ3) is 8.69. The van der Waals surface area contributed by atoms with E-state index in [0.717, 1.165) is 32.2 Å². The molecule has 0 radical (unpaired) electrons. The van der Waals surface area contributed by atoms with Crippen LogP contribution in [0.25, 0.3) is 0 Å². The van der Waals surface area contributed by atoms with Crippen molar-refractivity contribution in [2.45, 2.75) is 59.3 Å². The molecule has 0 amide bonds. The van der Waals surface area contributed by atoms with E-state index in [1.54, 1.807) is 0 Å². The molecule has 0 aromatic rings. The Balaban J connectivity index is 3.69. The van der Waals surface area contributed by atoms with Crippen LogP contribution in [0.15, 0.2) is 0 Å². The Morgan fingerprint density at radius 2 is 1.25 bits per heavy atom. The molecule has 0 atom stereocenters. The van der Waals surface area contributed by atoms with Crippen molar-refractivity contribution in [1.29, 1.82) is 0 Å². The van der Waals surface area contributed by atoms with E-state index >= 15 is 0 Å². The maximum atomic E-state index is 5.76. The molecule has 0 rings (SSSR count). The lowest BCUT2D eigenvalue weighted by molar-refractivity contribution is 0.239. The number of hydrogen-bond donors (Lipinski definition) is 0. The zero-order valence-corrected chi connectivity index (χ0v) is 12.7. The topological polar surface area (TPSA) is 18.5 Å². The van der Waals surface area contributed by atoms with Crippen molar-refractivity contribution >= 4 is 18.3 Å².